The van der Waals surface area contributed by atoms with Crippen molar-refractivity contribution in [2.75, 3.05) is 5.75 Å². The van der Waals surface area contributed by atoms with E-state index in [1.165, 1.54) is 11.8 Å². The molecule has 0 fully saturated rings. The minimum absolute atomic E-state index is 0.158. The number of hydrogen-bond donors (Lipinski definition) is 1. The number of hydrogen-bond acceptors (Lipinski definition) is 2. The molecule has 0 saturated carbocycles. The van der Waals surface area contributed by atoms with E-state index in [0.29, 0.717) is 0 Å². The van der Waals surface area contributed by atoms with Gasteiger partial charge in [0, 0.05) is 16.2 Å². The van der Waals surface area contributed by atoms with Crippen LogP contribution >= 0.6 is 11.8 Å². The number of halogens is 3. The van der Waals surface area contributed by atoms with Crippen molar-refractivity contribution in [2.24, 2.45) is 0 Å². The fourth-order valence-corrected chi connectivity index (χ4v) is 2.74. The molecule has 106 valence electrons. The fourth-order valence-electron chi connectivity index (χ4n) is 1.77. The van der Waals surface area contributed by atoms with Gasteiger partial charge in [0.05, 0.1) is 6.10 Å². The molecule has 1 N–H and O–H groups in total. The van der Waals surface area contributed by atoms with Crippen LogP contribution in [0, 0.1) is 24.4 Å². The van der Waals surface area contributed by atoms with Crippen LogP contribution in [-0.4, -0.2) is 10.9 Å². The van der Waals surface area contributed by atoms with E-state index in [2.05, 4.69) is 0 Å². The van der Waals surface area contributed by atoms with E-state index < -0.39 is 23.6 Å². The molecule has 2 rings (SSSR count). The molecule has 0 bridgehead atoms. The van der Waals surface area contributed by atoms with Crippen LogP contribution < -0.4 is 0 Å². The van der Waals surface area contributed by atoms with Gasteiger partial charge in [0.15, 0.2) is 17.5 Å². The monoisotopic (exact) mass is 298 g/mol. The Morgan fingerprint density at radius 1 is 1.10 bits per heavy atom. The molecule has 0 heterocycles. The third-order valence-electron chi connectivity index (χ3n) is 2.82. The molecule has 0 aliphatic heterocycles. The van der Waals surface area contributed by atoms with Crippen molar-refractivity contribution in [2.45, 2.75) is 17.9 Å². The summed E-state index contributed by atoms with van der Waals surface area (Å²) in [5.74, 6) is -3.99. The van der Waals surface area contributed by atoms with Gasteiger partial charge < -0.3 is 5.11 Å². The first-order chi connectivity index (χ1) is 9.49. The molecule has 0 aliphatic rings. The second-order valence-electron chi connectivity index (χ2n) is 4.41. The number of rotatable bonds is 4. The lowest BCUT2D eigenvalue weighted by Gasteiger charge is -2.12. The fraction of sp³-hybridized carbons (Fsp3) is 0.200. The lowest BCUT2D eigenvalue weighted by atomic mass is 10.1. The molecular formula is C15H13F3OS. The molecule has 0 aliphatic carbocycles. The van der Waals surface area contributed by atoms with Gasteiger partial charge in [0.25, 0.3) is 0 Å². The largest absolute Gasteiger partial charge is 0.387 e. The Morgan fingerprint density at radius 3 is 2.55 bits per heavy atom. The molecule has 0 radical (unpaired) electrons. The topological polar surface area (TPSA) is 20.2 Å². The van der Waals surface area contributed by atoms with Crippen molar-refractivity contribution in [3.8, 4) is 0 Å². The average molecular weight is 298 g/mol. The minimum atomic E-state index is -1.55. The molecule has 5 heteroatoms. The molecule has 20 heavy (non-hydrogen) atoms. The lowest BCUT2D eigenvalue weighted by molar-refractivity contribution is 0.197. The summed E-state index contributed by atoms with van der Waals surface area (Å²) in [5, 5.41) is 9.90. The van der Waals surface area contributed by atoms with Gasteiger partial charge in [-0.15, -0.1) is 11.8 Å². The van der Waals surface area contributed by atoms with Gasteiger partial charge in [-0.3, -0.25) is 0 Å². The van der Waals surface area contributed by atoms with E-state index >= 15 is 0 Å². The predicted molar refractivity (Wildman–Crippen MR) is 73.2 cm³/mol. The Balaban J connectivity index is 2.09. The number of thioether (sulfide) groups is 1. The van der Waals surface area contributed by atoms with Crippen LogP contribution in [0.15, 0.2) is 41.3 Å². The summed E-state index contributed by atoms with van der Waals surface area (Å²) in [5.41, 5.74) is 0.840. The van der Waals surface area contributed by atoms with Gasteiger partial charge in [-0.25, -0.2) is 13.2 Å². The van der Waals surface area contributed by atoms with E-state index in [1.807, 2.05) is 31.2 Å². The molecule has 2 aromatic rings. The van der Waals surface area contributed by atoms with Crippen molar-refractivity contribution in [3.63, 3.8) is 0 Å². The summed E-state index contributed by atoms with van der Waals surface area (Å²) in [7, 11) is 0. The third-order valence-corrected chi connectivity index (χ3v) is 3.89. The van der Waals surface area contributed by atoms with Gasteiger partial charge in [0.2, 0.25) is 0 Å². The highest BCUT2D eigenvalue weighted by molar-refractivity contribution is 7.99. The molecule has 2 aromatic carbocycles. The van der Waals surface area contributed by atoms with Crippen LogP contribution in [0.3, 0.4) is 0 Å². The first-order valence-corrected chi connectivity index (χ1v) is 6.98. The Kier molecular flexibility index (Phi) is 4.73. The van der Waals surface area contributed by atoms with E-state index in [4.69, 9.17) is 0 Å². The maximum atomic E-state index is 13.5. The molecule has 1 atom stereocenters. The van der Waals surface area contributed by atoms with Crippen molar-refractivity contribution >= 4 is 11.8 Å². The van der Waals surface area contributed by atoms with Gasteiger partial charge >= 0.3 is 0 Å². The summed E-state index contributed by atoms with van der Waals surface area (Å²) in [6.07, 6.45) is -1.20. The van der Waals surface area contributed by atoms with E-state index in [1.54, 1.807) is 0 Å². The van der Waals surface area contributed by atoms with Crippen LogP contribution in [0.1, 0.15) is 17.2 Å². The Labute approximate surface area is 119 Å². The number of benzene rings is 2. The van der Waals surface area contributed by atoms with E-state index in [9.17, 15) is 18.3 Å². The number of aliphatic hydroxyl groups is 1. The second-order valence-corrected chi connectivity index (χ2v) is 5.50. The molecular weight excluding hydrogens is 285 g/mol. The molecule has 0 saturated heterocycles. The Bertz CT molecular complexity index is 616. The van der Waals surface area contributed by atoms with Gasteiger partial charge in [-0.2, -0.15) is 0 Å². The van der Waals surface area contributed by atoms with Crippen molar-refractivity contribution in [1.29, 1.82) is 0 Å². The van der Waals surface area contributed by atoms with E-state index in [0.717, 1.165) is 22.6 Å². The Hall–Kier alpha value is -1.46. The quantitative estimate of drug-likeness (QED) is 0.673. The van der Waals surface area contributed by atoms with Gasteiger partial charge in [-0.1, -0.05) is 23.8 Å². The van der Waals surface area contributed by atoms with Crippen LogP contribution in [0.5, 0.6) is 0 Å². The van der Waals surface area contributed by atoms with Crippen LogP contribution in [0.25, 0.3) is 0 Å². The highest BCUT2D eigenvalue weighted by Crippen LogP contribution is 2.28. The zero-order valence-electron chi connectivity index (χ0n) is 10.7. The summed E-state index contributed by atoms with van der Waals surface area (Å²) >= 11 is 1.32. The average Bonchev–Trinajstić information content (AvgIpc) is 2.42. The normalized spacial score (nSPS) is 12.4. The molecule has 0 aromatic heterocycles. The molecule has 0 amide bonds. The standard InChI is InChI=1S/C15H13F3OS/c1-9-3-2-4-10(7-9)20-8-13(19)11-5-6-12(16)15(18)14(11)17/h2-7,13,19H,8H2,1H3. The lowest BCUT2D eigenvalue weighted by Crippen LogP contribution is -2.06. The van der Waals surface area contributed by atoms with Crippen molar-refractivity contribution in [1.82, 2.24) is 0 Å². The SMILES string of the molecule is Cc1cccc(SCC(O)c2ccc(F)c(F)c2F)c1. The molecule has 0 spiro atoms. The molecule has 1 unspecified atom stereocenters. The van der Waals surface area contributed by atoms with Gasteiger partial charge in [-0.05, 0) is 25.1 Å². The van der Waals surface area contributed by atoms with Crippen LogP contribution in [0.4, 0.5) is 13.2 Å². The van der Waals surface area contributed by atoms with Crippen LogP contribution in [0.2, 0.25) is 0 Å². The Morgan fingerprint density at radius 2 is 1.85 bits per heavy atom. The highest BCUT2D eigenvalue weighted by atomic mass is 32.2. The second kappa shape index (κ2) is 6.33. The zero-order chi connectivity index (χ0) is 14.7. The highest BCUT2D eigenvalue weighted by Gasteiger charge is 2.19. The number of aryl methyl sites for hydroxylation is 1. The minimum Gasteiger partial charge on any atom is -0.387 e. The van der Waals surface area contributed by atoms with Crippen molar-refractivity contribution < 1.29 is 18.3 Å². The summed E-state index contributed by atoms with van der Waals surface area (Å²) in [6, 6.07) is 9.49. The van der Waals surface area contributed by atoms with Crippen molar-refractivity contribution in [3.05, 3.63) is 65.0 Å². The summed E-state index contributed by atoms with van der Waals surface area (Å²) in [4.78, 5) is 0.923. The molecule has 1 nitrogen and oxygen atoms in total. The zero-order valence-corrected chi connectivity index (χ0v) is 11.6. The maximum absolute atomic E-state index is 13.5. The first-order valence-electron chi connectivity index (χ1n) is 6.00. The van der Waals surface area contributed by atoms with E-state index in [-0.39, 0.29) is 11.3 Å². The van der Waals surface area contributed by atoms with Crippen LogP contribution in [-0.2, 0) is 0 Å². The van der Waals surface area contributed by atoms with Gasteiger partial charge in [0.1, 0.15) is 0 Å². The predicted octanol–water partition coefficient (Wildman–Crippen LogP) is 4.24. The maximum Gasteiger partial charge on any atom is 0.194 e. The summed E-state index contributed by atoms with van der Waals surface area (Å²) < 4.78 is 39.4. The summed E-state index contributed by atoms with van der Waals surface area (Å²) in [6.45, 7) is 1.94. The first kappa shape index (κ1) is 14.9. The third kappa shape index (κ3) is 3.35. The number of aliphatic hydroxyl groups excluding tert-OH is 1. The smallest absolute Gasteiger partial charge is 0.194 e.